The van der Waals surface area contributed by atoms with Crippen molar-refractivity contribution in [3.8, 4) is 17.2 Å². The number of hydrogen-bond acceptors (Lipinski definition) is 5. The maximum Gasteiger partial charge on any atom is 0.387 e. The molecule has 0 aliphatic heterocycles. The first-order chi connectivity index (χ1) is 11.5. The summed E-state index contributed by atoms with van der Waals surface area (Å²) in [7, 11) is 3.03. The third kappa shape index (κ3) is 4.35. The summed E-state index contributed by atoms with van der Waals surface area (Å²) in [5.74, 6) is 0.417. The Morgan fingerprint density at radius 1 is 1.29 bits per heavy atom. The molecule has 9 heteroatoms. The van der Waals surface area contributed by atoms with Crippen LogP contribution < -0.4 is 19.5 Å². The number of hydrogen-bond donors (Lipinski definition) is 1. The van der Waals surface area contributed by atoms with E-state index in [-0.39, 0.29) is 17.2 Å². The Balaban J connectivity index is 2.10. The predicted octanol–water partition coefficient (Wildman–Crippen LogP) is 4.06. The van der Waals surface area contributed by atoms with Crippen LogP contribution in [0.25, 0.3) is 0 Å². The largest absolute Gasteiger partial charge is 0.493 e. The normalized spacial score (nSPS) is 10.6. The van der Waals surface area contributed by atoms with Crippen LogP contribution in [0, 0.1) is 0 Å². The van der Waals surface area contributed by atoms with Crippen molar-refractivity contribution in [2.24, 2.45) is 0 Å². The highest BCUT2D eigenvalue weighted by Crippen LogP contribution is 2.36. The van der Waals surface area contributed by atoms with Gasteiger partial charge in [-0.1, -0.05) is 0 Å². The quantitative estimate of drug-likeness (QED) is 0.732. The van der Waals surface area contributed by atoms with Crippen molar-refractivity contribution >= 4 is 33.2 Å². The van der Waals surface area contributed by atoms with Crippen LogP contribution in [0.3, 0.4) is 0 Å². The fourth-order valence-corrected chi connectivity index (χ4v) is 3.38. The molecule has 2 rings (SSSR count). The summed E-state index contributed by atoms with van der Waals surface area (Å²) in [5, 5.41) is 4.17. The zero-order valence-corrected chi connectivity index (χ0v) is 15.2. The van der Waals surface area contributed by atoms with Crippen molar-refractivity contribution < 1.29 is 27.8 Å². The van der Waals surface area contributed by atoms with Crippen molar-refractivity contribution in [2.45, 2.75) is 13.2 Å². The monoisotopic (exact) mass is 421 g/mol. The first-order valence-electron chi connectivity index (χ1n) is 6.67. The summed E-state index contributed by atoms with van der Waals surface area (Å²) in [6.45, 7) is -2.79. The van der Waals surface area contributed by atoms with Gasteiger partial charge in [0.1, 0.15) is 10.6 Å². The zero-order chi connectivity index (χ0) is 17.7. The molecule has 0 unspecified atom stereocenters. The number of amides is 1. The molecular weight excluding hydrogens is 408 g/mol. The SMILES string of the molecule is COc1cc(CNC(=O)c2sccc2OC(F)F)cc(Br)c1OC. The Hall–Kier alpha value is -1.87. The number of carbonyl (C=O) groups excluding carboxylic acids is 1. The van der Waals surface area contributed by atoms with Gasteiger partial charge in [-0.3, -0.25) is 4.79 Å². The van der Waals surface area contributed by atoms with Crippen LogP contribution in [0.1, 0.15) is 15.2 Å². The van der Waals surface area contributed by atoms with Crippen LogP contribution in [-0.4, -0.2) is 26.7 Å². The lowest BCUT2D eigenvalue weighted by Crippen LogP contribution is -2.22. The van der Waals surface area contributed by atoms with Crippen molar-refractivity contribution in [1.29, 1.82) is 0 Å². The maximum atomic E-state index is 12.3. The van der Waals surface area contributed by atoms with Crippen LogP contribution >= 0.6 is 27.3 Å². The molecule has 0 fully saturated rings. The molecule has 1 heterocycles. The van der Waals surface area contributed by atoms with Crippen LogP contribution in [0.5, 0.6) is 17.2 Å². The van der Waals surface area contributed by atoms with E-state index in [2.05, 4.69) is 26.0 Å². The summed E-state index contributed by atoms with van der Waals surface area (Å²) in [6, 6.07) is 4.82. The molecule has 0 aliphatic rings. The number of nitrogens with one attached hydrogen (secondary N) is 1. The summed E-state index contributed by atoms with van der Waals surface area (Å²) in [4.78, 5) is 12.2. The lowest BCUT2D eigenvalue weighted by molar-refractivity contribution is -0.0498. The molecule has 1 aromatic carbocycles. The summed E-state index contributed by atoms with van der Waals surface area (Å²) in [6.07, 6.45) is 0. The van der Waals surface area contributed by atoms with Gasteiger partial charge >= 0.3 is 6.61 Å². The number of rotatable bonds is 7. The van der Waals surface area contributed by atoms with Crippen LogP contribution in [0.2, 0.25) is 0 Å². The fraction of sp³-hybridized carbons (Fsp3) is 0.267. The van der Waals surface area contributed by atoms with Gasteiger partial charge in [0.2, 0.25) is 0 Å². The highest BCUT2D eigenvalue weighted by Gasteiger charge is 2.18. The summed E-state index contributed by atoms with van der Waals surface area (Å²) < 4.78 is 40.1. The van der Waals surface area contributed by atoms with Crippen LogP contribution in [0.15, 0.2) is 28.1 Å². The van der Waals surface area contributed by atoms with E-state index in [4.69, 9.17) is 9.47 Å². The molecule has 0 spiro atoms. The molecule has 0 saturated heterocycles. The zero-order valence-electron chi connectivity index (χ0n) is 12.8. The molecule has 0 atom stereocenters. The Morgan fingerprint density at radius 3 is 2.67 bits per heavy atom. The number of benzene rings is 1. The van der Waals surface area contributed by atoms with E-state index in [1.165, 1.54) is 25.7 Å². The number of alkyl halides is 2. The Bertz CT molecular complexity index is 723. The number of methoxy groups -OCH3 is 2. The van der Waals surface area contributed by atoms with Gasteiger partial charge < -0.3 is 19.5 Å². The maximum absolute atomic E-state index is 12.3. The van der Waals surface area contributed by atoms with Crippen molar-refractivity contribution in [1.82, 2.24) is 5.32 Å². The highest BCUT2D eigenvalue weighted by molar-refractivity contribution is 9.10. The van der Waals surface area contributed by atoms with Gasteiger partial charge in [0.15, 0.2) is 11.5 Å². The molecule has 0 saturated carbocycles. The second kappa shape index (κ2) is 8.29. The molecule has 0 aliphatic carbocycles. The van der Waals surface area contributed by atoms with E-state index in [1.807, 2.05) is 0 Å². The van der Waals surface area contributed by atoms with Crippen molar-refractivity contribution in [3.63, 3.8) is 0 Å². The van der Waals surface area contributed by atoms with Crippen LogP contribution in [0.4, 0.5) is 8.78 Å². The molecule has 1 amide bonds. The molecule has 1 aromatic heterocycles. The van der Waals surface area contributed by atoms with Gasteiger partial charge in [0.25, 0.3) is 5.91 Å². The average Bonchev–Trinajstić information content (AvgIpc) is 2.99. The van der Waals surface area contributed by atoms with E-state index in [1.54, 1.807) is 12.1 Å². The number of thiophene rings is 1. The summed E-state index contributed by atoms with van der Waals surface area (Å²) >= 11 is 4.39. The van der Waals surface area contributed by atoms with E-state index in [0.29, 0.717) is 16.0 Å². The molecule has 0 radical (unpaired) electrons. The van der Waals surface area contributed by atoms with Gasteiger partial charge in [-0.25, -0.2) is 0 Å². The minimum absolute atomic E-state index is 0.0924. The second-order valence-electron chi connectivity index (χ2n) is 4.49. The number of carbonyl (C=O) groups is 1. The molecule has 2 aromatic rings. The van der Waals surface area contributed by atoms with Gasteiger partial charge in [-0.05, 0) is 45.1 Å². The molecule has 0 bridgehead atoms. The third-order valence-corrected chi connectivity index (χ3v) is 4.48. The summed E-state index contributed by atoms with van der Waals surface area (Å²) in [5.41, 5.74) is 0.751. The molecule has 130 valence electrons. The standard InChI is InChI=1S/C15H14BrF2NO4S/c1-21-11-6-8(5-9(16)12(11)22-2)7-19-14(20)13-10(3-4-24-13)23-15(17)18/h3-6,15H,7H2,1-2H3,(H,19,20). The van der Waals surface area contributed by atoms with Crippen molar-refractivity contribution in [3.05, 3.63) is 38.5 Å². The highest BCUT2D eigenvalue weighted by atomic mass is 79.9. The first-order valence-corrected chi connectivity index (χ1v) is 8.34. The molecule has 24 heavy (non-hydrogen) atoms. The molecule has 5 nitrogen and oxygen atoms in total. The smallest absolute Gasteiger partial charge is 0.387 e. The number of halogens is 3. The third-order valence-electron chi connectivity index (χ3n) is 3.00. The Morgan fingerprint density at radius 2 is 2.04 bits per heavy atom. The van der Waals surface area contributed by atoms with Crippen LogP contribution in [-0.2, 0) is 6.54 Å². The van der Waals surface area contributed by atoms with E-state index in [0.717, 1.165) is 16.9 Å². The first kappa shape index (κ1) is 18.5. The average molecular weight is 422 g/mol. The van der Waals surface area contributed by atoms with E-state index in [9.17, 15) is 13.6 Å². The predicted molar refractivity (Wildman–Crippen MR) is 89.4 cm³/mol. The fourth-order valence-electron chi connectivity index (χ4n) is 1.99. The lowest BCUT2D eigenvalue weighted by Gasteiger charge is -2.12. The van der Waals surface area contributed by atoms with Gasteiger partial charge in [-0.15, -0.1) is 11.3 Å². The van der Waals surface area contributed by atoms with E-state index >= 15 is 0 Å². The Kier molecular flexibility index (Phi) is 6.38. The Labute approximate surface area is 149 Å². The second-order valence-corrected chi connectivity index (χ2v) is 6.26. The lowest BCUT2D eigenvalue weighted by atomic mass is 10.2. The van der Waals surface area contributed by atoms with Gasteiger partial charge in [-0.2, -0.15) is 8.78 Å². The molecule has 1 N–H and O–H groups in total. The van der Waals surface area contributed by atoms with E-state index < -0.39 is 12.5 Å². The number of ether oxygens (including phenoxy) is 3. The minimum atomic E-state index is -2.98. The topological polar surface area (TPSA) is 56.8 Å². The molecular formula is C15H14BrF2NO4S. The van der Waals surface area contributed by atoms with Gasteiger partial charge in [0, 0.05) is 6.54 Å². The van der Waals surface area contributed by atoms with Gasteiger partial charge in [0.05, 0.1) is 18.7 Å². The minimum Gasteiger partial charge on any atom is -0.493 e. The van der Waals surface area contributed by atoms with Crippen molar-refractivity contribution in [2.75, 3.05) is 14.2 Å².